The molecule has 0 unspecified atom stereocenters. The van der Waals surface area contributed by atoms with Crippen molar-refractivity contribution in [1.29, 1.82) is 0 Å². The zero-order valence-corrected chi connectivity index (χ0v) is 11.7. The molecule has 0 aliphatic heterocycles. The second kappa shape index (κ2) is 5.61. The molecule has 0 spiro atoms. The van der Waals surface area contributed by atoms with Crippen LogP contribution in [0.3, 0.4) is 0 Å². The molecule has 0 saturated heterocycles. The predicted molar refractivity (Wildman–Crippen MR) is 72.3 cm³/mol. The standard InChI is InChI=1S/C10H4Cl2N2O5S/c11-4-2-1-3-5(14(17)18)6(4)19-10-13-8(12)7(20-10)9(15)16/h1-3H,(H,15,16). The number of hydrogen-bond acceptors (Lipinski definition) is 6. The van der Waals surface area contributed by atoms with E-state index in [-0.39, 0.29) is 31.7 Å². The highest BCUT2D eigenvalue weighted by Crippen LogP contribution is 2.40. The average Bonchev–Trinajstić information content (AvgIpc) is 2.72. The molecule has 0 bridgehead atoms. The molecule has 2 rings (SSSR count). The highest BCUT2D eigenvalue weighted by atomic mass is 35.5. The predicted octanol–water partition coefficient (Wildman–Crippen LogP) is 3.85. The molecular weight excluding hydrogens is 331 g/mol. The Morgan fingerprint density at radius 1 is 1.45 bits per heavy atom. The molecule has 20 heavy (non-hydrogen) atoms. The SMILES string of the molecule is O=C(O)c1sc(Oc2c(Cl)cccc2[N+](=O)[O-])nc1Cl. The Morgan fingerprint density at radius 2 is 2.15 bits per heavy atom. The minimum Gasteiger partial charge on any atom is -0.477 e. The molecule has 1 heterocycles. The minimum absolute atomic E-state index is 0.00222. The van der Waals surface area contributed by atoms with E-state index in [1.165, 1.54) is 18.2 Å². The Morgan fingerprint density at radius 3 is 2.70 bits per heavy atom. The van der Waals surface area contributed by atoms with Crippen molar-refractivity contribution < 1.29 is 19.6 Å². The van der Waals surface area contributed by atoms with E-state index < -0.39 is 10.9 Å². The molecular formula is C10H4Cl2N2O5S. The molecule has 0 aliphatic carbocycles. The zero-order valence-electron chi connectivity index (χ0n) is 9.37. The summed E-state index contributed by atoms with van der Waals surface area (Å²) in [6, 6.07) is 4.00. The lowest BCUT2D eigenvalue weighted by atomic mass is 10.3. The molecule has 1 aromatic heterocycles. The zero-order chi connectivity index (χ0) is 14.9. The van der Waals surface area contributed by atoms with Gasteiger partial charge in [0.25, 0.3) is 5.19 Å². The third-order valence-electron chi connectivity index (χ3n) is 2.09. The number of benzene rings is 1. The van der Waals surface area contributed by atoms with E-state index in [0.717, 1.165) is 0 Å². The highest BCUT2D eigenvalue weighted by molar-refractivity contribution is 7.15. The quantitative estimate of drug-likeness (QED) is 0.672. The summed E-state index contributed by atoms with van der Waals surface area (Å²) in [6.45, 7) is 0. The maximum atomic E-state index is 10.9. The number of para-hydroxylation sites is 1. The summed E-state index contributed by atoms with van der Waals surface area (Å²) in [6.07, 6.45) is 0. The first kappa shape index (κ1) is 14.5. The van der Waals surface area contributed by atoms with Gasteiger partial charge >= 0.3 is 11.7 Å². The molecule has 0 atom stereocenters. The van der Waals surface area contributed by atoms with Gasteiger partial charge in [0.15, 0.2) is 10.0 Å². The number of carbonyl (C=O) groups is 1. The summed E-state index contributed by atoms with van der Waals surface area (Å²) >= 11 is 12.1. The minimum atomic E-state index is -1.27. The Kier molecular flexibility index (Phi) is 4.07. The van der Waals surface area contributed by atoms with Gasteiger partial charge in [-0.25, -0.2) is 4.79 Å². The maximum absolute atomic E-state index is 10.9. The second-order valence-electron chi connectivity index (χ2n) is 3.35. The number of rotatable bonds is 4. The number of hydrogen-bond donors (Lipinski definition) is 1. The number of nitro benzene ring substituents is 1. The summed E-state index contributed by atoms with van der Waals surface area (Å²) in [5, 5.41) is 19.3. The van der Waals surface area contributed by atoms with E-state index in [2.05, 4.69) is 4.98 Å². The topological polar surface area (TPSA) is 103 Å². The van der Waals surface area contributed by atoms with Gasteiger partial charge in [0, 0.05) is 6.07 Å². The molecule has 104 valence electrons. The summed E-state index contributed by atoms with van der Waals surface area (Å²) in [5.41, 5.74) is -0.360. The molecule has 0 aliphatic rings. The van der Waals surface area contributed by atoms with E-state index in [1.807, 2.05) is 0 Å². The average molecular weight is 335 g/mol. The van der Waals surface area contributed by atoms with Gasteiger partial charge in [-0.1, -0.05) is 40.6 Å². The Labute approximate surface area is 125 Å². The normalized spacial score (nSPS) is 10.3. The fourth-order valence-corrected chi connectivity index (χ4v) is 2.47. The van der Waals surface area contributed by atoms with Crippen molar-refractivity contribution in [3.05, 3.63) is 43.4 Å². The van der Waals surface area contributed by atoms with Crippen LogP contribution in [-0.2, 0) is 0 Å². The lowest BCUT2D eigenvalue weighted by Gasteiger charge is -2.04. The first-order chi connectivity index (χ1) is 9.40. The monoisotopic (exact) mass is 334 g/mol. The van der Waals surface area contributed by atoms with Gasteiger partial charge in [-0.2, -0.15) is 4.98 Å². The van der Waals surface area contributed by atoms with Crippen molar-refractivity contribution in [2.45, 2.75) is 0 Å². The van der Waals surface area contributed by atoms with Crippen LogP contribution in [0.5, 0.6) is 10.9 Å². The number of nitrogens with zero attached hydrogens (tertiary/aromatic N) is 2. The van der Waals surface area contributed by atoms with Gasteiger partial charge in [-0.15, -0.1) is 0 Å². The molecule has 0 radical (unpaired) electrons. The molecule has 7 nitrogen and oxygen atoms in total. The van der Waals surface area contributed by atoms with Crippen LogP contribution in [0.15, 0.2) is 18.2 Å². The third-order valence-corrected chi connectivity index (χ3v) is 3.70. The highest BCUT2D eigenvalue weighted by Gasteiger charge is 2.22. The van der Waals surface area contributed by atoms with E-state index in [4.69, 9.17) is 33.0 Å². The summed E-state index contributed by atoms with van der Waals surface area (Å²) in [7, 11) is 0. The van der Waals surface area contributed by atoms with Crippen molar-refractivity contribution >= 4 is 46.2 Å². The lowest BCUT2D eigenvalue weighted by Crippen LogP contribution is -1.93. The largest absolute Gasteiger partial charge is 0.477 e. The second-order valence-corrected chi connectivity index (χ2v) is 5.08. The van der Waals surface area contributed by atoms with Crippen LogP contribution in [0, 0.1) is 10.1 Å². The summed E-state index contributed by atoms with van der Waals surface area (Å²) in [4.78, 5) is 24.5. The maximum Gasteiger partial charge on any atom is 0.349 e. The number of carboxylic acids is 1. The van der Waals surface area contributed by atoms with Gasteiger partial charge in [-0.05, 0) is 6.07 Å². The van der Waals surface area contributed by atoms with Crippen molar-refractivity contribution in [2.75, 3.05) is 0 Å². The van der Waals surface area contributed by atoms with E-state index >= 15 is 0 Å². The Balaban J connectivity index is 2.42. The van der Waals surface area contributed by atoms with Crippen LogP contribution in [0.25, 0.3) is 0 Å². The van der Waals surface area contributed by atoms with E-state index in [9.17, 15) is 14.9 Å². The summed E-state index contributed by atoms with van der Waals surface area (Å²) in [5.74, 6) is -1.49. The van der Waals surface area contributed by atoms with Gasteiger partial charge < -0.3 is 9.84 Å². The van der Waals surface area contributed by atoms with Crippen LogP contribution >= 0.6 is 34.5 Å². The smallest absolute Gasteiger partial charge is 0.349 e. The van der Waals surface area contributed by atoms with Gasteiger partial charge in [0.2, 0.25) is 5.75 Å². The van der Waals surface area contributed by atoms with Crippen LogP contribution < -0.4 is 4.74 Å². The molecule has 2 aromatic rings. The molecule has 0 fully saturated rings. The van der Waals surface area contributed by atoms with Crippen LogP contribution in [-0.4, -0.2) is 21.0 Å². The molecule has 10 heteroatoms. The number of thiazole rings is 1. The first-order valence-corrected chi connectivity index (χ1v) is 6.47. The number of ether oxygens (including phenoxy) is 1. The number of aromatic nitrogens is 1. The molecule has 0 amide bonds. The van der Waals surface area contributed by atoms with E-state index in [1.54, 1.807) is 0 Å². The number of nitro groups is 1. The van der Waals surface area contributed by atoms with Crippen molar-refractivity contribution in [3.8, 4) is 10.9 Å². The van der Waals surface area contributed by atoms with Crippen LogP contribution in [0.4, 0.5) is 5.69 Å². The van der Waals surface area contributed by atoms with Gasteiger partial charge in [0.05, 0.1) is 9.95 Å². The number of carboxylic acid groups (broad SMARTS) is 1. The third kappa shape index (κ3) is 2.82. The first-order valence-electron chi connectivity index (χ1n) is 4.90. The fraction of sp³-hybridized carbons (Fsp3) is 0. The molecule has 0 saturated carbocycles. The number of aromatic carboxylic acids is 1. The Bertz CT molecular complexity index is 703. The van der Waals surface area contributed by atoms with Gasteiger partial charge in [-0.3, -0.25) is 10.1 Å². The summed E-state index contributed by atoms with van der Waals surface area (Å²) < 4.78 is 5.20. The van der Waals surface area contributed by atoms with Crippen molar-refractivity contribution in [1.82, 2.24) is 4.98 Å². The lowest BCUT2D eigenvalue weighted by molar-refractivity contribution is -0.385. The number of halogens is 2. The van der Waals surface area contributed by atoms with Crippen LogP contribution in [0.2, 0.25) is 10.2 Å². The molecule has 1 N–H and O–H groups in total. The van der Waals surface area contributed by atoms with Crippen LogP contribution in [0.1, 0.15) is 9.67 Å². The molecule has 1 aromatic carbocycles. The van der Waals surface area contributed by atoms with Gasteiger partial charge in [0.1, 0.15) is 0 Å². The van der Waals surface area contributed by atoms with E-state index in [0.29, 0.717) is 11.3 Å². The fourth-order valence-electron chi connectivity index (χ4n) is 1.29. The van der Waals surface area contributed by atoms with Crippen molar-refractivity contribution in [3.63, 3.8) is 0 Å². The van der Waals surface area contributed by atoms with Crippen molar-refractivity contribution in [2.24, 2.45) is 0 Å². The Hall–Kier alpha value is -1.90.